The molecule has 0 aliphatic heterocycles. The Bertz CT molecular complexity index is 912. The number of nitrogens with one attached hydrogen (secondary N) is 3. The van der Waals surface area contributed by atoms with Crippen LogP contribution in [0.4, 0.5) is 9.18 Å². The molecule has 3 N–H and O–H groups in total. The average molecular weight is 351 g/mol. The summed E-state index contributed by atoms with van der Waals surface area (Å²) in [5.41, 5.74) is 3.38. The summed E-state index contributed by atoms with van der Waals surface area (Å²) in [5, 5.41) is 7.08. The third-order valence-electron chi connectivity index (χ3n) is 5.25. The van der Waals surface area contributed by atoms with E-state index in [-0.39, 0.29) is 17.3 Å². The number of rotatable bonds is 6. The van der Waals surface area contributed by atoms with Gasteiger partial charge in [-0.15, -0.1) is 0 Å². The number of para-hydroxylation sites is 1. The Morgan fingerprint density at radius 2 is 1.85 bits per heavy atom. The summed E-state index contributed by atoms with van der Waals surface area (Å²) in [5.74, 6) is -0.229. The summed E-state index contributed by atoms with van der Waals surface area (Å²) in [6.45, 7) is 1.16. The molecular formula is C21H22FN3O. The van der Waals surface area contributed by atoms with E-state index in [1.165, 1.54) is 23.1 Å². The lowest BCUT2D eigenvalue weighted by Crippen LogP contribution is -2.40. The lowest BCUT2D eigenvalue weighted by Gasteiger charge is -2.17. The maximum Gasteiger partial charge on any atom is 0.314 e. The second-order valence-electron chi connectivity index (χ2n) is 7.01. The monoisotopic (exact) mass is 351 g/mol. The summed E-state index contributed by atoms with van der Waals surface area (Å²) >= 11 is 0. The summed E-state index contributed by atoms with van der Waals surface area (Å²) in [4.78, 5) is 15.4. The number of carbonyl (C=O) groups excluding carboxylic acids is 1. The van der Waals surface area contributed by atoms with Gasteiger partial charge in [0, 0.05) is 35.6 Å². The molecule has 1 aromatic heterocycles. The first kappa shape index (κ1) is 16.6. The van der Waals surface area contributed by atoms with E-state index in [4.69, 9.17) is 0 Å². The minimum Gasteiger partial charge on any atom is -0.361 e. The van der Waals surface area contributed by atoms with Crippen LogP contribution < -0.4 is 10.6 Å². The minimum absolute atomic E-state index is 0.0259. The van der Waals surface area contributed by atoms with Crippen LogP contribution in [-0.2, 0) is 11.8 Å². The first-order valence-electron chi connectivity index (χ1n) is 8.99. The van der Waals surface area contributed by atoms with Crippen molar-refractivity contribution in [2.24, 2.45) is 0 Å². The molecule has 5 heteroatoms. The summed E-state index contributed by atoms with van der Waals surface area (Å²) < 4.78 is 13.1. The fourth-order valence-corrected chi connectivity index (χ4v) is 3.48. The zero-order valence-corrected chi connectivity index (χ0v) is 14.5. The smallest absolute Gasteiger partial charge is 0.314 e. The van der Waals surface area contributed by atoms with Crippen LogP contribution in [0.2, 0.25) is 0 Å². The molecule has 3 aromatic rings. The molecule has 1 aliphatic carbocycles. The number of halogens is 1. The van der Waals surface area contributed by atoms with Crippen molar-refractivity contribution >= 4 is 16.9 Å². The van der Waals surface area contributed by atoms with Gasteiger partial charge in [-0.1, -0.05) is 30.3 Å². The number of aromatic nitrogens is 1. The molecule has 2 amide bonds. The maximum atomic E-state index is 13.1. The zero-order valence-electron chi connectivity index (χ0n) is 14.5. The molecule has 0 saturated heterocycles. The normalized spacial score (nSPS) is 15.0. The van der Waals surface area contributed by atoms with Gasteiger partial charge in [0.05, 0.1) is 0 Å². The number of benzene rings is 2. The minimum atomic E-state index is -0.229. The van der Waals surface area contributed by atoms with Gasteiger partial charge in [0.25, 0.3) is 0 Å². The van der Waals surface area contributed by atoms with Crippen molar-refractivity contribution in [3.05, 3.63) is 71.7 Å². The van der Waals surface area contributed by atoms with E-state index in [2.05, 4.69) is 21.7 Å². The Morgan fingerprint density at radius 3 is 2.62 bits per heavy atom. The summed E-state index contributed by atoms with van der Waals surface area (Å²) in [6.07, 6.45) is 4.82. The van der Waals surface area contributed by atoms with Crippen molar-refractivity contribution in [1.29, 1.82) is 0 Å². The van der Waals surface area contributed by atoms with E-state index in [1.54, 1.807) is 0 Å². The third-order valence-corrected chi connectivity index (χ3v) is 5.25. The van der Waals surface area contributed by atoms with Crippen LogP contribution in [0.3, 0.4) is 0 Å². The molecule has 4 rings (SSSR count). The number of aromatic amines is 1. The van der Waals surface area contributed by atoms with Crippen molar-refractivity contribution in [3.8, 4) is 0 Å². The number of urea groups is 1. The SMILES string of the molecule is O=C(NCCc1c[nH]c2ccccc12)NCC1(c2ccc(F)cc2)CC1. The van der Waals surface area contributed by atoms with E-state index in [1.807, 2.05) is 36.5 Å². The number of fused-ring (bicyclic) bond motifs is 1. The molecule has 26 heavy (non-hydrogen) atoms. The van der Waals surface area contributed by atoms with Crippen molar-refractivity contribution in [2.45, 2.75) is 24.7 Å². The average Bonchev–Trinajstić information content (AvgIpc) is 3.35. The van der Waals surface area contributed by atoms with Crippen molar-refractivity contribution in [1.82, 2.24) is 15.6 Å². The van der Waals surface area contributed by atoms with E-state index in [9.17, 15) is 9.18 Å². The van der Waals surface area contributed by atoms with Crippen LogP contribution >= 0.6 is 0 Å². The molecule has 1 heterocycles. The van der Waals surface area contributed by atoms with Gasteiger partial charge in [0.1, 0.15) is 5.82 Å². The molecule has 0 radical (unpaired) electrons. The molecule has 0 unspecified atom stereocenters. The van der Waals surface area contributed by atoms with Gasteiger partial charge in [-0.05, 0) is 48.6 Å². The van der Waals surface area contributed by atoms with Gasteiger partial charge < -0.3 is 15.6 Å². The zero-order chi connectivity index (χ0) is 18.0. The highest BCUT2D eigenvalue weighted by Gasteiger charge is 2.44. The van der Waals surface area contributed by atoms with Gasteiger partial charge in [0.2, 0.25) is 0 Å². The van der Waals surface area contributed by atoms with Crippen LogP contribution in [0.1, 0.15) is 24.0 Å². The number of hydrogen-bond acceptors (Lipinski definition) is 1. The Balaban J connectivity index is 1.26. The Kier molecular flexibility index (Phi) is 4.37. The third kappa shape index (κ3) is 3.43. The first-order valence-corrected chi connectivity index (χ1v) is 8.99. The highest BCUT2D eigenvalue weighted by Crippen LogP contribution is 2.47. The predicted molar refractivity (Wildman–Crippen MR) is 101 cm³/mol. The van der Waals surface area contributed by atoms with Gasteiger partial charge >= 0.3 is 6.03 Å². The Hall–Kier alpha value is -2.82. The standard InChI is InChI=1S/C21H22FN3O/c22-17-7-5-16(6-8-17)21(10-11-21)14-25-20(26)23-12-9-15-13-24-19-4-2-1-3-18(15)19/h1-8,13,24H,9-12,14H2,(H2,23,25,26). The van der Waals surface area contributed by atoms with Crippen molar-refractivity contribution < 1.29 is 9.18 Å². The molecule has 0 bridgehead atoms. The van der Waals surface area contributed by atoms with E-state index < -0.39 is 0 Å². The molecule has 4 nitrogen and oxygen atoms in total. The quantitative estimate of drug-likeness (QED) is 0.620. The molecule has 0 spiro atoms. The molecule has 1 saturated carbocycles. The van der Waals surface area contributed by atoms with Crippen LogP contribution in [-0.4, -0.2) is 24.1 Å². The number of amides is 2. The van der Waals surface area contributed by atoms with Crippen molar-refractivity contribution in [2.75, 3.05) is 13.1 Å². The second-order valence-corrected chi connectivity index (χ2v) is 7.01. The molecule has 1 fully saturated rings. The van der Waals surface area contributed by atoms with Gasteiger partial charge in [-0.3, -0.25) is 0 Å². The lowest BCUT2D eigenvalue weighted by atomic mass is 9.96. The number of H-pyrrole nitrogens is 1. The second kappa shape index (κ2) is 6.83. The topological polar surface area (TPSA) is 56.9 Å². The Morgan fingerprint density at radius 1 is 1.08 bits per heavy atom. The summed E-state index contributed by atoms with van der Waals surface area (Å²) in [6, 6.07) is 14.6. The maximum absolute atomic E-state index is 13.1. The highest BCUT2D eigenvalue weighted by atomic mass is 19.1. The number of carbonyl (C=O) groups is 1. The fraction of sp³-hybridized carbons (Fsp3) is 0.286. The van der Waals surface area contributed by atoms with Gasteiger partial charge in [0.15, 0.2) is 0 Å². The van der Waals surface area contributed by atoms with Gasteiger partial charge in [-0.25, -0.2) is 9.18 Å². The molecule has 2 aromatic carbocycles. The van der Waals surface area contributed by atoms with E-state index >= 15 is 0 Å². The van der Waals surface area contributed by atoms with Crippen LogP contribution in [0, 0.1) is 5.82 Å². The van der Waals surface area contributed by atoms with E-state index in [0.717, 1.165) is 30.3 Å². The number of hydrogen-bond donors (Lipinski definition) is 3. The van der Waals surface area contributed by atoms with Crippen LogP contribution in [0.5, 0.6) is 0 Å². The Labute approximate surface area is 151 Å². The molecule has 134 valence electrons. The van der Waals surface area contributed by atoms with Crippen LogP contribution in [0.15, 0.2) is 54.7 Å². The predicted octanol–water partition coefficient (Wildman–Crippen LogP) is 3.88. The van der Waals surface area contributed by atoms with Crippen LogP contribution in [0.25, 0.3) is 10.9 Å². The largest absolute Gasteiger partial charge is 0.361 e. The van der Waals surface area contributed by atoms with Crippen molar-refractivity contribution in [3.63, 3.8) is 0 Å². The lowest BCUT2D eigenvalue weighted by molar-refractivity contribution is 0.240. The fourth-order valence-electron chi connectivity index (χ4n) is 3.48. The molecule has 1 aliphatic rings. The molecular weight excluding hydrogens is 329 g/mol. The van der Waals surface area contributed by atoms with Gasteiger partial charge in [-0.2, -0.15) is 0 Å². The van der Waals surface area contributed by atoms with E-state index in [0.29, 0.717) is 13.1 Å². The first-order chi connectivity index (χ1) is 12.7. The molecule has 0 atom stereocenters. The highest BCUT2D eigenvalue weighted by molar-refractivity contribution is 5.83. The summed E-state index contributed by atoms with van der Waals surface area (Å²) in [7, 11) is 0.